The number of anilines is 2. The van der Waals surface area contributed by atoms with E-state index in [1.54, 1.807) is 10.7 Å². The summed E-state index contributed by atoms with van der Waals surface area (Å²) in [6.07, 6.45) is 5.09. The van der Waals surface area contributed by atoms with Crippen molar-refractivity contribution in [1.82, 2.24) is 35.0 Å². The first kappa shape index (κ1) is 25.3. The third-order valence-electron chi connectivity index (χ3n) is 6.96. The number of hydrogen-bond acceptors (Lipinski definition) is 9. The summed E-state index contributed by atoms with van der Waals surface area (Å²) in [5.74, 6) is -1.43. The number of fused-ring (bicyclic) bond motifs is 1. The van der Waals surface area contributed by atoms with Crippen LogP contribution in [0, 0.1) is 11.6 Å². The number of rotatable bonds is 8. The molecule has 1 saturated carbocycles. The Morgan fingerprint density at radius 1 is 1.21 bits per heavy atom. The zero-order valence-corrected chi connectivity index (χ0v) is 21.5. The Labute approximate surface area is 222 Å². The molecule has 0 radical (unpaired) electrons. The van der Waals surface area contributed by atoms with E-state index in [-0.39, 0.29) is 35.1 Å². The van der Waals surface area contributed by atoms with Gasteiger partial charge in [0.05, 0.1) is 29.5 Å². The van der Waals surface area contributed by atoms with E-state index < -0.39 is 17.5 Å². The SMILES string of the molecule is CC(C)c1c(-c2nnc(CN3CCC(O)C3)o2)cn2ncnc(Nc3cc(C(=O)NC4CC4)c(F)cc3F)c12. The molecule has 204 valence electrons. The van der Waals surface area contributed by atoms with Crippen molar-refractivity contribution in [2.24, 2.45) is 0 Å². The second kappa shape index (κ2) is 9.97. The highest BCUT2D eigenvalue weighted by molar-refractivity contribution is 5.96. The van der Waals surface area contributed by atoms with Crippen LogP contribution in [0.15, 0.2) is 29.1 Å². The summed E-state index contributed by atoms with van der Waals surface area (Å²) in [7, 11) is 0. The minimum Gasteiger partial charge on any atom is -0.419 e. The summed E-state index contributed by atoms with van der Waals surface area (Å²) >= 11 is 0. The molecule has 0 spiro atoms. The van der Waals surface area contributed by atoms with Gasteiger partial charge in [0.2, 0.25) is 11.8 Å². The van der Waals surface area contributed by atoms with Gasteiger partial charge in [-0.1, -0.05) is 13.8 Å². The summed E-state index contributed by atoms with van der Waals surface area (Å²) in [6, 6.07) is 1.87. The third kappa shape index (κ3) is 5.06. The summed E-state index contributed by atoms with van der Waals surface area (Å²) in [6.45, 7) is 5.70. The molecular weight excluding hydrogens is 510 g/mol. The Kier molecular flexibility index (Phi) is 6.47. The van der Waals surface area contributed by atoms with Gasteiger partial charge in [0.15, 0.2) is 5.82 Å². The van der Waals surface area contributed by atoms with Crippen molar-refractivity contribution in [2.75, 3.05) is 18.4 Å². The lowest BCUT2D eigenvalue weighted by Gasteiger charge is -2.13. The number of nitrogens with zero attached hydrogens (tertiary/aromatic N) is 6. The smallest absolute Gasteiger partial charge is 0.254 e. The largest absolute Gasteiger partial charge is 0.419 e. The number of aliphatic hydroxyl groups is 1. The van der Waals surface area contributed by atoms with Gasteiger partial charge in [0.1, 0.15) is 23.5 Å². The Morgan fingerprint density at radius 2 is 2.03 bits per heavy atom. The lowest BCUT2D eigenvalue weighted by atomic mass is 10.00. The predicted octanol–water partition coefficient (Wildman–Crippen LogP) is 3.38. The summed E-state index contributed by atoms with van der Waals surface area (Å²) in [4.78, 5) is 18.9. The molecule has 39 heavy (non-hydrogen) atoms. The maximum absolute atomic E-state index is 14.8. The monoisotopic (exact) mass is 538 g/mol. The molecule has 2 fully saturated rings. The lowest BCUT2D eigenvalue weighted by molar-refractivity contribution is 0.0947. The molecule has 1 aliphatic carbocycles. The predicted molar refractivity (Wildman–Crippen MR) is 136 cm³/mol. The molecule has 1 aromatic carbocycles. The van der Waals surface area contributed by atoms with Gasteiger partial charge in [-0.25, -0.2) is 18.3 Å². The molecule has 1 saturated heterocycles. The lowest BCUT2D eigenvalue weighted by Crippen LogP contribution is -2.26. The van der Waals surface area contributed by atoms with E-state index in [2.05, 4.69) is 30.9 Å². The van der Waals surface area contributed by atoms with Crippen LogP contribution in [-0.2, 0) is 6.54 Å². The van der Waals surface area contributed by atoms with E-state index in [0.717, 1.165) is 31.0 Å². The molecular formula is C26H28F2N8O3. The second-order valence-electron chi connectivity index (χ2n) is 10.4. The fraction of sp³-hybridized carbons (Fsp3) is 0.423. The molecule has 1 atom stereocenters. The summed E-state index contributed by atoms with van der Waals surface area (Å²) in [5.41, 5.74) is 1.65. The molecule has 6 rings (SSSR count). The Morgan fingerprint density at radius 3 is 2.74 bits per heavy atom. The van der Waals surface area contributed by atoms with Crippen LogP contribution in [0.25, 0.3) is 17.0 Å². The fourth-order valence-corrected chi connectivity index (χ4v) is 4.89. The molecule has 13 heteroatoms. The number of hydrogen-bond donors (Lipinski definition) is 3. The highest BCUT2D eigenvalue weighted by Crippen LogP contribution is 2.37. The Bertz CT molecular complexity index is 1550. The molecule has 3 N–H and O–H groups in total. The molecule has 1 aliphatic heterocycles. The van der Waals surface area contributed by atoms with E-state index in [9.17, 15) is 18.7 Å². The van der Waals surface area contributed by atoms with Crippen LogP contribution in [0.3, 0.4) is 0 Å². The average Bonchev–Trinajstić information content (AvgIpc) is 3.25. The molecule has 1 unspecified atom stereocenters. The van der Waals surface area contributed by atoms with Crippen LogP contribution < -0.4 is 10.6 Å². The number of β-amino-alcohol motifs (C(OH)–C–C–N with tert-alkyl or cyclic N) is 1. The number of aromatic nitrogens is 5. The van der Waals surface area contributed by atoms with E-state index in [0.29, 0.717) is 48.4 Å². The van der Waals surface area contributed by atoms with Crippen LogP contribution in [0.5, 0.6) is 0 Å². The van der Waals surface area contributed by atoms with Crippen LogP contribution in [-0.4, -0.2) is 65.9 Å². The molecule has 3 aromatic heterocycles. The van der Waals surface area contributed by atoms with E-state index in [1.165, 1.54) is 6.33 Å². The fourth-order valence-electron chi connectivity index (χ4n) is 4.89. The number of halogens is 2. The van der Waals surface area contributed by atoms with E-state index in [4.69, 9.17) is 4.42 Å². The van der Waals surface area contributed by atoms with Crippen LogP contribution in [0.1, 0.15) is 60.8 Å². The highest BCUT2D eigenvalue weighted by Gasteiger charge is 2.28. The Hall–Kier alpha value is -3.97. The van der Waals surface area contributed by atoms with Gasteiger partial charge in [-0.2, -0.15) is 5.10 Å². The van der Waals surface area contributed by atoms with Crippen molar-refractivity contribution >= 4 is 22.9 Å². The number of likely N-dealkylation sites (tertiary alicyclic amines) is 1. The number of aliphatic hydroxyl groups excluding tert-OH is 1. The number of benzene rings is 1. The molecule has 1 amide bonds. The van der Waals surface area contributed by atoms with Crippen molar-refractivity contribution in [3.05, 3.63) is 53.3 Å². The molecule has 0 bridgehead atoms. The normalized spacial score (nSPS) is 17.8. The van der Waals surface area contributed by atoms with Crippen LogP contribution in [0.2, 0.25) is 0 Å². The quantitative estimate of drug-likeness (QED) is 0.309. The maximum Gasteiger partial charge on any atom is 0.254 e. The van der Waals surface area contributed by atoms with Gasteiger partial charge in [-0.15, -0.1) is 10.2 Å². The van der Waals surface area contributed by atoms with Gasteiger partial charge in [-0.3, -0.25) is 9.69 Å². The summed E-state index contributed by atoms with van der Waals surface area (Å²) in [5, 5.41) is 28.2. The second-order valence-corrected chi connectivity index (χ2v) is 10.4. The van der Waals surface area contributed by atoms with Crippen LogP contribution in [0.4, 0.5) is 20.3 Å². The van der Waals surface area contributed by atoms with Crippen molar-refractivity contribution in [3.63, 3.8) is 0 Å². The third-order valence-corrected chi connectivity index (χ3v) is 6.96. The van der Waals surface area contributed by atoms with Crippen molar-refractivity contribution in [2.45, 2.75) is 57.7 Å². The first-order valence-electron chi connectivity index (χ1n) is 12.9. The Balaban J connectivity index is 1.35. The van der Waals surface area contributed by atoms with Gasteiger partial charge in [0.25, 0.3) is 5.91 Å². The maximum atomic E-state index is 14.8. The van der Waals surface area contributed by atoms with Crippen LogP contribution >= 0.6 is 0 Å². The first-order chi connectivity index (χ1) is 18.8. The minimum atomic E-state index is -0.937. The van der Waals surface area contributed by atoms with E-state index >= 15 is 0 Å². The number of amides is 1. The van der Waals surface area contributed by atoms with Crippen molar-refractivity contribution in [3.8, 4) is 11.5 Å². The molecule has 4 aromatic rings. The molecule has 4 heterocycles. The highest BCUT2D eigenvalue weighted by atomic mass is 19.1. The first-order valence-corrected chi connectivity index (χ1v) is 12.9. The topological polar surface area (TPSA) is 134 Å². The van der Waals surface area contributed by atoms with E-state index in [1.807, 2.05) is 18.7 Å². The standard InChI is InChI=1S/C26H28F2N8O3/c1-13(2)22-17(26-34-33-21(39-26)11-35-6-5-15(37)9-35)10-36-23(22)24(29-12-30-36)32-20-7-16(18(27)8-19(20)28)25(38)31-14-3-4-14/h7-8,10,12-15,37H,3-6,9,11H2,1-2H3,(H,31,38)(H,29,30,32). The molecule has 2 aliphatic rings. The zero-order chi connectivity index (χ0) is 27.3. The van der Waals surface area contributed by atoms with Crippen molar-refractivity contribution < 1.29 is 23.1 Å². The van der Waals surface area contributed by atoms with Crippen molar-refractivity contribution in [1.29, 1.82) is 0 Å². The number of carbonyl (C=O) groups excluding carboxylic acids is 1. The zero-order valence-electron chi connectivity index (χ0n) is 21.5. The van der Waals surface area contributed by atoms with Gasteiger partial charge >= 0.3 is 0 Å². The van der Waals surface area contributed by atoms with Gasteiger partial charge in [0, 0.05) is 31.4 Å². The van der Waals surface area contributed by atoms with Gasteiger partial charge in [-0.05, 0) is 36.8 Å². The number of nitrogens with one attached hydrogen (secondary N) is 2. The summed E-state index contributed by atoms with van der Waals surface area (Å²) < 4.78 is 36.9. The minimum absolute atomic E-state index is 0.0275. The number of carbonyl (C=O) groups is 1. The average molecular weight is 539 g/mol. The molecule has 11 nitrogen and oxygen atoms in total. The van der Waals surface area contributed by atoms with Gasteiger partial charge < -0.3 is 20.2 Å².